The summed E-state index contributed by atoms with van der Waals surface area (Å²) in [5.74, 6) is -1.85. The molecule has 3 rings (SSSR count). The Morgan fingerprint density at radius 2 is 1.35 bits per heavy atom. The van der Waals surface area contributed by atoms with Gasteiger partial charge in [-0.15, -0.1) is 0 Å². The normalized spacial score (nSPS) is 13.5. The van der Waals surface area contributed by atoms with Crippen LogP contribution < -0.4 is 4.18 Å². The number of carbonyl (C=O) groups is 1. The van der Waals surface area contributed by atoms with E-state index >= 15 is 0 Å². The van der Waals surface area contributed by atoms with E-state index < -0.39 is 79.8 Å². The van der Waals surface area contributed by atoms with Gasteiger partial charge < -0.3 is 4.18 Å². The molecule has 0 heterocycles. The predicted octanol–water partition coefficient (Wildman–Crippen LogP) is 7.39. The fraction of sp³-hybridized carbons (Fsp3) is 0.208. The summed E-state index contributed by atoms with van der Waals surface area (Å²) in [4.78, 5) is 12.2. The average Bonchev–Trinajstić information content (AvgIpc) is 2.84. The number of nitrogens with one attached hydrogen (secondary N) is 1. The number of hydrogen-bond acceptors (Lipinski definition) is 6. The molecular weight excluding hydrogens is 583 g/mol. The van der Waals surface area contributed by atoms with Gasteiger partial charge in [0, 0.05) is 12.0 Å². The summed E-state index contributed by atoms with van der Waals surface area (Å²) in [6.45, 7) is 0. The first-order valence-corrected chi connectivity index (χ1v) is 12.1. The third kappa shape index (κ3) is 6.97. The first kappa shape index (κ1) is 30.6. The van der Waals surface area contributed by atoms with Gasteiger partial charge in [-0.05, 0) is 54.1 Å². The van der Waals surface area contributed by atoms with Gasteiger partial charge in [-0.2, -0.15) is 53.0 Å². The zero-order valence-electron chi connectivity index (χ0n) is 19.5. The van der Waals surface area contributed by atoms with Crippen LogP contribution in [-0.4, -0.2) is 14.2 Å². The summed E-state index contributed by atoms with van der Waals surface area (Å²) in [7, 11) is -4.77. The molecule has 0 spiro atoms. The van der Waals surface area contributed by atoms with Crippen molar-refractivity contribution in [3.05, 3.63) is 94.5 Å². The molecule has 1 atom stereocenters. The highest BCUT2D eigenvalue weighted by atomic mass is 32.2. The Kier molecular flexibility index (Phi) is 8.34. The molecule has 1 unspecified atom stereocenters. The fourth-order valence-corrected chi connectivity index (χ4v) is 4.50. The molecule has 0 aliphatic carbocycles. The Morgan fingerprint density at radius 3 is 1.88 bits per heavy atom. The standard InChI is InChI=1S/C24H15F9N2O4S/c25-22(26,27)14-5-8-16(9-6-14)40(37,38)39-20-4-2-1-3-13(20)11-19(36)21(35-34)17-12-15(23(28,29)30)7-10-18(17)24(31,32)33/h1-10,12,21,34H,11H2. The maximum absolute atomic E-state index is 13.5. The van der Waals surface area contributed by atoms with Gasteiger partial charge in [-0.25, -0.2) is 5.53 Å². The van der Waals surface area contributed by atoms with Gasteiger partial charge in [0.1, 0.15) is 10.6 Å². The van der Waals surface area contributed by atoms with Crippen molar-refractivity contribution >= 4 is 15.9 Å². The molecule has 0 aliphatic rings. The molecular formula is C24H15F9N2O4S. The molecule has 0 bridgehead atoms. The number of alkyl halides is 9. The lowest BCUT2D eigenvalue weighted by molar-refractivity contribution is -0.142. The van der Waals surface area contributed by atoms with E-state index in [0.29, 0.717) is 24.3 Å². The summed E-state index contributed by atoms with van der Waals surface area (Å²) in [6.07, 6.45) is -16.0. The highest BCUT2D eigenvalue weighted by Gasteiger charge is 2.40. The van der Waals surface area contributed by atoms with Crippen LogP contribution in [0.15, 0.2) is 76.7 Å². The molecule has 0 aliphatic heterocycles. The number of Topliss-reactive ketones (excluding diaryl/α,β-unsaturated/α-hetero) is 1. The zero-order valence-corrected chi connectivity index (χ0v) is 20.3. The number of benzene rings is 3. The van der Waals surface area contributed by atoms with Crippen molar-refractivity contribution in [2.75, 3.05) is 0 Å². The van der Waals surface area contributed by atoms with E-state index in [2.05, 4.69) is 5.11 Å². The summed E-state index contributed by atoms with van der Waals surface area (Å²) in [5.41, 5.74) is 1.43. The van der Waals surface area contributed by atoms with E-state index in [9.17, 15) is 52.7 Å². The smallest absolute Gasteiger partial charge is 0.379 e. The van der Waals surface area contributed by atoms with Crippen LogP contribution >= 0.6 is 0 Å². The number of rotatable bonds is 8. The first-order valence-electron chi connectivity index (χ1n) is 10.7. The Hall–Kier alpha value is -3.95. The first-order chi connectivity index (χ1) is 18.3. The lowest BCUT2D eigenvalue weighted by Crippen LogP contribution is -2.20. The molecule has 0 aromatic heterocycles. The SMILES string of the molecule is N=NC(C(=O)Cc1ccccc1OS(=O)(=O)c1ccc(C(F)(F)F)cc1)c1cc(C(F)(F)F)ccc1C(F)(F)F. The number of hydrogen-bond donors (Lipinski definition) is 1. The number of ketones is 1. The van der Waals surface area contributed by atoms with Gasteiger partial charge in [0.2, 0.25) is 0 Å². The van der Waals surface area contributed by atoms with E-state index in [-0.39, 0.29) is 23.8 Å². The molecule has 3 aromatic rings. The van der Waals surface area contributed by atoms with Crippen molar-refractivity contribution in [2.45, 2.75) is 35.9 Å². The molecule has 16 heteroatoms. The Morgan fingerprint density at radius 1 is 0.800 bits per heavy atom. The Balaban J connectivity index is 1.95. The van der Waals surface area contributed by atoms with E-state index in [4.69, 9.17) is 9.71 Å². The Labute approximate surface area is 220 Å². The molecule has 40 heavy (non-hydrogen) atoms. The largest absolute Gasteiger partial charge is 0.416 e. The van der Waals surface area contributed by atoms with Gasteiger partial charge in [-0.3, -0.25) is 4.79 Å². The van der Waals surface area contributed by atoms with Crippen molar-refractivity contribution in [3.63, 3.8) is 0 Å². The van der Waals surface area contributed by atoms with Crippen LogP contribution in [-0.2, 0) is 39.9 Å². The van der Waals surface area contributed by atoms with Crippen LogP contribution in [0.25, 0.3) is 0 Å². The van der Waals surface area contributed by atoms with Crippen LogP contribution in [0.2, 0.25) is 0 Å². The second-order valence-electron chi connectivity index (χ2n) is 8.14. The second-order valence-corrected chi connectivity index (χ2v) is 9.69. The quantitative estimate of drug-likeness (QED) is 0.166. The molecule has 0 radical (unpaired) electrons. The number of halogens is 9. The predicted molar refractivity (Wildman–Crippen MR) is 119 cm³/mol. The number of para-hydroxylation sites is 1. The number of nitrogens with zero attached hydrogens (tertiary/aromatic N) is 1. The van der Waals surface area contributed by atoms with Crippen LogP contribution in [0.1, 0.15) is 33.9 Å². The van der Waals surface area contributed by atoms with Crippen molar-refractivity contribution in [1.82, 2.24) is 0 Å². The highest BCUT2D eigenvalue weighted by molar-refractivity contribution is 7.87. The van der Waals surface area contributed by atoms with Crippen LogP contribution in [0.4, 0.5) is 39.5 Å². The molecule has 6 nitrogen and oxygen atoms in total. The Bertz CT molecular complexity index is 1520. The molecule has 0 fully saturated rings. The highest BCUT2D eigenvalue weighted by Crippen LogP contribution is 2.40. The maximum Gasteiger partial charge on any atom is 0.416 e. The van der Waals surface area contributed by atoms with E-state index in [1.54, 1.807) is 0 Å². The number of carbonyl (C=O) groups excluding carboxylic acids is 1. The van der Waals surface area contributed by atoms with Gasteiger partial charge >= 0.3 is 28.6 Å². The molecule has 0 saturated carbocycles. The van der Waals surface area contributed by atoms with Crippen LogP contribution in [0.3, 0.4) is 0 Å². The average molecular weight is 598 g/mol. The minimum atomic E-state index is -5.21. The maximum atomic E-state index is 13.5. The third-order valence-electron chi connectivity index (χ3n) is 5.42. The van der Waals surface area contributed by atoms with E-state index in [1.165, 1.54) is 12.1 Å². The minimum absolute atomic E-state index is 0.0565. The second kappa shape index (κ2) is 10.9. The molecule has 1 N–H and O–H groups in total. The summed E-state index contributed by atoms with van der Waals surface area (Å²) < 4.78 is 149. The van der Waals surface area contributed by atoms with Crippen LogP contribution in [0, 0.1) is 5.53 Å². The van der Waals surface area contributed by atoms with Gasteiger partial charge in [0.15, 0.2) is 11.8 Å². The summed E-state index contributed by atoms with van der Waals surface area (Å²) in [6, 6.07) is 4.85. The van der Waals surface area contributed by atoms with Gasteiger partial charge in [0.25, 0.3) is 0 Å². The van der Waals surface area contributed by atoms with Crippen molar-refractivity contribution in [2.24, 2.45) is 5.11 Å². The van der Waals surface area contributed by atoms with Crippen molar-refractivity contribution in [1.29, 1.82) is 5.53 Å². The fourth-order valence-electron chi connectivity index (χ4n) is 3.53. The molecule has 3 aromatic carbocycles. The zero-order chi connectivity index (χ0) is 30.1. The molecule has 0 amide bonds. The van der Waals surface area contributed by atoms with E-state index in [1.807, 2.05) is 0 Å². The lowest BCUT2D eigenvalue weighted by atomic mass is 9.92. The van der Waals surface area contributed by atoms with E-state index in [0.717, 1.165) is 12.1 Å². The topological polar surface area (TPSA) is 96.7 Å². The van der Waals surface area contributed by atoms with Crippen molar-refractivity contribution in [3.8, 4) is 5.75 Å². The van der Waals surface area contributed by atoms with Gasteiger partial charge in [0.05, 0.1) is 16.7 Å². The third-order valence-corrected chi connectivity index (χ3v) is 6.67. The minimum Gasteiger partial charge on any atom is -0.379 e. The van der Waals surface area contributed by atoms with Crippen molar-refractivity contribution < 1.29 is 56.9 Å². The monoisotopic (exact) mass is 598 g/mol. The summed E-state index contributed by atoms with van der Waals surface area (Å²) in [5, 5.41) is 2.81. The van der Waals surface area contributed by atoms with Gasteiger partial charge in [-0.1, -0.05) is 18.2 Å². The summed E-state index contributed by atoms with van der Waals surface area (Å²) >= 11 is 0. The molecule has 0 saturated heterocycles. The lowest BCUT2D eigenvalue weighted by Gasteiger charge is -2.19. The molecule has 214 valence electrons. The van der Waals surface area contributed by atoms with Crippen LogP contribution in [0.5, 0.6) is 5.75 Å².